The number of carbonyl (C=O) groups excluding carboxylic acids is 1. The van der Waals surface area contributed by atoms with Crippen molar-refractivity contribution in [1.29, 1.82) is 0 Å². The summed E-state index contributed by atoms with van der Waals surface area (Å²) in [5, 5.41) is 8.80. The minimum absolute atomic E-state index is 0.237. The Bertz CT molecular complexity index is 613. The van der Waals surface area contributed by atoms with Crippen molar-refractivity contribution in [3.8, 4) is 0 Å². The van der Waals surface area contributed by atoms with E-state index in [9.17, 15) is 4.79 Å². The van der Waals surface area contributed by atoms with Crippen molar-refractivity contribution in [3.05, 3.63) is 58.6 Å². The molecule has 2 aromatic rings. The first-order valence-electron chi connectivity index (χ1n) is 6.69. The number of nitrogens with one attached hydrogen (secondary N) is 3. The lowest BCUT2D eigenvalue weighted by Crippen LogP contribution is -2.19. The van der Waals surface area contributed by atoms with Crippen LogP contribution in [-0.4, -0.2) is 13.1 Å². The second kappa shape index (κ2) is 7.24. The summed E-state index contributed by atoms with van der Waals surface area (Å²) in [6, 6.07) is 15.2. The van der Waals surface area contributed by atoms with E-state index in [0.717, 1.165) is 21.4 Å². The maximum atomic E-state index is 12.0. The predicted octanol–water partition coefficient (Wildman–Crippen LogP) is 4.37. The van der Waals surface area contributed by atoms with Crippen LogP contribution in [0.4, 0.5) is 16.2 Å². The Balaban J connectivity index is 2.01. The highest BCUT2D eigenvalue weighted by molar-refractivity contribution is 9.10. The topological polar surface area (TPSA) is 53.2 Å². The molecule has 1 unspecified atom stereocenters. The minimum Gasteiger partial charge on any atom is -0.313 e. The lowest BCUT2D eigenvalue weighted by atomic mass is 10.1. The molecule has 3 N–H and O–H groups in total. The van der Waals surface area contributed by atoms with Gasteiger partial charge >= 0.3 is 6.03 Å². The van der Waals surface area contributed by atoms with Gasteiger partial charge in [-0.15, -0.1) is 0 Å². The van der Waals surface area contributed by atoms with Crippen molar-refractivity contribution >= 4 is 33.3 Å². The van der Waals surface area contributed by atoms with Crippen LogP contribution in [0.25, 0.3) is 0 Å². The van der Waals surface area contributed by atoms with Crippen molar-refractivity contribution < 1.29 is 4.79 Å². The summed E-state index contributed by atoms with van der Waals surface area (Å²) in [5.41, 5.74) is 2.64. The van der Waals surface area contributed by atoms with E-state index < -0.39 is 0 Å². The average molecular weight is 348 g/mol. The van der Waals surface area contributed by atoms with E-state index in [0.29, 0.717) is 0 Å². The Morgan fingerprint density at radius 1 is 1.05 bits per heavy atom. The van der Waals surface area contributed by atoms with Crippen LogP contribution in [0.5, 0.6) is 0 Å². The Kier molecular flexibility index (Phi) is 5.36. The summed E-state index contributed by atoms with van der Waals surface area (Å²) in [6.45, 7) is 2.07. The average Bonchev–Trinajstić information content (AvgIpc) is 2.49. The largest absolute Gasteiger partial charge is 0.323 e. The molecule has 1 atom stereocenters. The van der Waals surface area contributed by atoms with Crippen LogP contribution < -0.4 is 16.0 Å². The Labute approximate surface area is 133 Å². The van der Waals surface area contributed by atoms with Gasteiger partial charge in [-0.2, -0.15) is 0 Å². The van der Waals surface area contributed by atoms with E-state index in [1.165, 1.54) is 0 Å². The molecule has 0 aromatic heterocycles. The third-order valence-electron chi connectivity index (χ3n) is 3.18. The van der Waals surface area contributed by atoms with E-state index in [1.807, 2.05) is 55.6 Å². The van der Waals surface area contributed by atoms with Gasteiger partial charge in [-0.05, 0) is 55.9 Å². The molecule has 0 fully saturated rings. The monoisotopic (exact) mass is 347 g/mol. The lowest BCUT2D eigenvalue weighted by molar-refractivity contribution is 0.262. The van der Waals surface area contributed by atoms with Crippen LogP contribution in [0.15, 0.2) is 53.0 Å². The molecule has 2 rings (SSSR count). The van der Waals surface area contributed by atoms with Crippen LogP contribution >= 0.6 is 15.9 Å². The van der Waals surface area contributed by atoms with Gasteiger partial charge < -0.3 is 16.0 Å². The molecule has 110 valence electrons. The van der Waals surface area contributed by atoms with E-state index >= 15 is 0 Å². The van der Waals surface area contributed by atoms with Crippen LogP contribution in [0.3, 0.4) is 0 Å². The minimum atomic E-state index is -0.258. The van der Waals surface area contributed by atoms with Gasteiger partial charge in [-0.1, -0.05) is 28.1 Å². The van der Waals surface area contributed by atoms with Crippen molar-refractivity contribution in [3.63, 3.8) is 0 Å². The molecule has 5 heteroatoms. The zero-order valence-corrected chi connectivity index (χ0v) is 13.6. The first-order valence-corrected chi connectivity index (χ1v) is 7.48. The molecule has 0 aliphatic heterocycles. The van der Waals surface area contributed by atoms with Crippen molar-refractivity contribution in [2.24, 2.45) is 0 Å². The van der Waals surface area contributed by atoms with Gasteiger partial charge in [0.05, 0.1) is 0 Å². The molecular formula is C16H18BrN3O. The van der Waals surface area contributed by atoms with Crippen LogP contribution in [-0.2, 0) is 0 Å². The van der Waals surface area contributed by atoms with E-state index in [1.54, 1.807) is 0 Å². The number of rotatable bonds is 4. The number of hydrogen-bond donors (Lipinski definition) is 3. The summed E-state index contributed by atoms with van der Waals surface area (Å²) < 4.78 is 0.974. The van der Waals surface area contributed by atoms with Crippen LogP contribution in [0, 0.1) is 0 Å². The molecule has 0 aliphatic rings. The van der Waals surface area contributed by atoms with Crippen molar-refractivity contribution in [1.82, 2.24) is 5.32 Å². The molecule has 0 heterocycles. The van der Waals surface area contributed by atoms with Gasteiger partial charge in [0.1, 0.15) is 0 Å². The first kappa shape index (κ1) is 15.5. The molecule has 2 amide bonds. The smallest absolute Gasteiger partial charge is 0.313 e. The number of amides is 2. The Hall–Kier alpha value is -1.85. The maximum absolute atomic E-state index is 12.0. The van der Waals surface area contributed by atoms with Gasteiger partial charge in [0.25, 0.3) is 0 Å². The number of urea groups is 1. The predicted molar refractivity (Wildman–Crippen MR) is 90.7 cm³/mol. The Morgan fingerprint density at radius 3 is 2.38 bits per heavy atom. The molecular weight excluding hydrogens is 330 g/mol. The summed E-state index contributed by atoms with van der Waals surface area (Å²) in [5.74, 6) is 0. The molecule has 4 nitrogen and oxygen atoms in total. The zero-order chi connectivity index (χ0) is 15.2. The SMILES string of the molecule is CNC(C)c1cccc(NC(=O)Nc2ccc(Br)cc2)c1. The van der Waals surface area contributed by atoms with Crippen molar-refractivity contribution in [2.75, 3.05) is 17.7 Å². The Morgan fingerprint density at radius 2 is 1.71 bits per heavy atom. The molecule has 0 spiro atoms. The fourth-order valence-electron chi connectivity index (χ4n) is 1.88. The quantitative estimate of drug-likeness (QED) is 0.768. The number of anilines is 2. The van der Waals surface area contributed by atoms with Gasteiger partial charge in [0.15, 0.2) is 0 Å². The standard InChI is InChI=1S/C16H18BrN3O/c1-11(18-2)12-4-3-5-15(10-12)20-16(21)19-14-8-6-13(17)7-9-14/h3-11,18H,1-2H3,(H2,19,20,21). The molecule has 0 saturated heterocycles. The normalized spacial score (nSPS) is 11.8. The summed E-state index contributed by atoms with van der Waals surface area (Å²) in [4.78, 5) is 12.0. The second-order valence-corrected chi connectivity index (χ2v) is 5.64. The van der Waals surface area contributed by atoms with Crippen LogP contribution in [0.2, 0.25) is 0 Å². The number of carbonyl (C=O) groups is 1. The van der Waals surface area contributed by atoms with Gasteiger partial charge in [0, 0.05) is 21.9 Å². The summed E-state index contributed by atoms with van der Waals surface area (Å²) >= 11 is 3.36. The van der Waals surface area contributed by atoms with E-state index in [4.69, 9.17) is 0 Å². The third kappa shape index (κ3) is 4.58. The number of benzene rings is 2. The van der Waals surface area contributed by atoms with Gasteiger partial charge in [-0.25, -0.2) is 4.79 Å². The lowest BCUT2D eigenvalue weighted by Gasteiger charge is -2.13. The maximum Gasteiger partial charge on any atom is 0.323 e. The zero-order valence-electron chi connectivity index (χ0n) is 12.0. The summed E-state index contributed by atoms with van der Waals surface area (Å²) in [6.07, 6.45) is 0. The highest BCUT2D eigenvalue weighted by Gasteiger charge is 2.06. The summed E-state index contributed by atoms with van der Waals surface area (Å²) in [7, 11) is 1.91. The molecule has 0 saturated carbocycles. The molecule has 2 aromatic carbocycles. The molecule has 21 heavy (non-hydrogen) atoms. The first-order chi connectivity index (χ1) is 10.1. The third-order valence-corrected chi connectivity index (χ3v) is 3.71. The second-order valence-electron chi connectivity index (χ2n) is 4.72. The van der Waals surface area contributed by atoms with Crippen LogP contribution in [0.1, 0.15) is 18.5 Å². The number of halogens is 1. The van der Waals surface area contributed by atoms with Gasteiger partial charge in [0.2, 0.25) is 0 Å². The fourth-order valence-corrected chi connectivity index (χ4v) is 2.14. The highest BCUT2D eigenvalue weighted by atomic mass is 79.9. The fraction of sp³-hybridized carbons (Fsp3) is 0.188. The molecule has 0 aliphatic carbocycles. The van der Waals surface area contributed by atoms with E-state index in [-0.39, 0.29) is 12.1 Å². The van der Waals surface area contributed by atoms with Gasteiger partial charge in [-0.3, -0.25) is 0 Å². The van der Waals surface area contributed by atoms with E-state index in [2.05, 4.69) is 38.8 Å². The molecule has 0 bridgehead atoms. The van der Waals surface area contributed by atoms with Crippen molar-refractivity contribution in [2.45, 2.75) is 13.0 Å². The molecule has 0 radical (unpaired) electrons. The highest BCUT2D eigenvalue weighted by Crippen LogP contribution is 2.18. The number of hydrogen-bond acceptors (Lipinski definition) is 2.